The summed E-state index contributed by atoms with van der Waals surface area (Å²) in [6.45, 7) is 20.6. The van der Waals surface area contributed by atoms with Crippen LogP contribution in [0.5, 0.6) is 0 Å². The molecule has 18 aromatic rings. The van der Waals surface area contributed by atoms with E-state index in [1.54, 1.807) is 104 Å². The molecule has 2 aliphatic carbocycles. The summed E-state index contributed by atoms with van der Waals surface area (Å²) in [5, 5.41) is 85.5. The minimum Gasteiger partial charge on any atom is -0.582 e. The van der Waals surface area contributed by atoms with Crippen LogP contribution in [0.2, 0.25) is 0 Å². The van der Waals surface area contributed by atoms with E-state index >= 15 is 0 Å². The van der Waals surface area contributed by atoms with Crippen molar-refractivity contribution in [1.82, 2.24) is 137 Å². The van der Waals surface area contributed by atoms with Gasteiger partial charge >= 0.3 is 138 Å². The molecular formula is C90H91Cl2F6N27O2Pt6-2. The third-order valence-corrected chi connectivity index (χ3v) is 18.2. The molecule has 0 amide bonds. The summed E-state index contributed by atoms with van der Waals surface area (Å²) in [6, 6.07) is 57.2. The van der Waals surface area contributed by atoms with Crippen LogP contribution in [-0.4, -0.2) is 97.0 Å². The fourth-order valence-corrected chi connectivity index (χ4v) is 12.1. The van der Waals surface area contributed by atoms with E-state index in [0.29, 0.717) is 17.3 Å². The van der Waals surface area contributed by atoms with E-state index in [0.717, 1.165) is 97.5 Å². The third-order valence-electron chi connectivity index (χ3n) is 18.2. The maximum atomic E-state index is 12.2. The van der Waals surface area contributed by atoms with Gasteiger partial charge in [-0.05, 0) is 161 Å². The van der Waals surface area contributed by atoms with Crippen molar-refractivity contribution in [3.05, 3.63) is 330 Å². The van der Waals surface area contributed by atoms with Crippen molar-refractivity contribution in [3.63, 3.8) is 0 Å². The first-order chi connectivity index (χ1) is 60.1. The molecule has 29 nitrogen and oxygen atoms in total. The number of fused-ring (bicyclic) bond motifs is 6. The predicted octanol–water partition coefficient (Wildman–Crippen LogP) is 18.3. The molecule has 0 spiro atoms. The summed E-state index contributed by atoms with van der Waals surface area (Å²) in [4.78, 5) is 38.6. The van der Waals surface area contributed by atoms with Gasteiger partial charge in [0.15, 0.2) is 0 Å². The first-order valence-electron chi connectivity index (χ1n) is 37.7. The SMILES string of the molecule is C.C.C.CC12CCC(c3c1n[n-]c3-c1nccc3ccccc13)C2(C)C.Cc1cc(-c2ccccn2)[n-]n1.Cc1cc(-c2ccccn2)[n-]n1.Cc1cc(-c2ccccn2)[n-]n1.Cc1cc(C)[n-]n1.Cc1cc(C)[n-]n1.FC(F)(F)c1cc(-c2ccccn2)[n-]n1.FC(F)(F)c1cc(-c2ccccn2)[n-]n1.O=C(O)c1ccccn1.[Cl][Pt][Cl].[Pt+2].[Pt+2].[Pt+2].[Pt+2].[Pt].c1cn[n-]c1.c1cn[n-]c1. The second kappa shape index (κ2) is 60.6. The smallest absolute Gasteiger partial charge is 0.582 e. The van der Waals surface area contributed by atoms with Gasteiger partial charge in [-0.15, -0.1) is 11.4 Å². The number of aryl methyl sites for hydroxylation is 7. The van der Waals surface area contributed by atoms with Crippen LogP contribution >= 0.6 is 18.8 Å². The molecule has 1 N–H and O–H groups in total. The van der Waals surface area contributed by atoms with Crippen molar-refractivity contribution >= 4 is 35.6 Å². The Labute approximate surface area is 854 Å². The Morgan fingerprint density at radius 3 is 1.01 bits per heavy atom. The van der Waals surface area contributed by atoms with Crippen LogP contribution in [-0.2, 0) is 140 Å². The van der Waals surface area contributed by atoms with Crippen LogP contribution in [0.15, 0.2) is 262 Å². The molecule has 716 valence electrons. The van der Waals surface area contributed by atoms with E-state index in [9.17, 15) is 31.1 Å². The fraction of sp³-hybridized carbons (Fsp3) is 0.222. The molecule has 1 aromatic carbocycles. The van der Waals surface area contributed by atoms with Gasteiger partial charge in [0.05, 0.1) is 5.69 Å². The molecule has 17 heterocycles. The summed E-state index contributed by atoms with van der Waals surface area (Å²) in [5.41, 5.74) is 16.0. The minimum absolute atomic E-state index is 0. The molecule has 2 bridgehead atoms. The Kier molecular flexibility index (Phi) is 54.9. The van der Waals surface area contributed by atoms with Gasteiger partial charge in [0.2, 0.25) is 0 Å². The van der Waals surface area contributed by atoms with Gasteiger partial charge in [-0.25, -0.2) is 9.78 Å². The molecule has 43 heteroatoms. The predicted molar refractivity (Wildman–Crippen MR) is 472 cm³/mol. The summed E-state index contributed by atoms with van der Waals surface area (Å²) in [6.07, 6.45) is 11.6. The van der Waals surface area contributed by atoms with E-state index in [-0.39, 0.29) is 156 Å². The van der Waals surface area contributed by atoms with Crippen molar-refractivity contribution < 1.29 is 158 Å². The molecule has 20 rings (SSSR count). The third kappa shape index (κ3) is 37.3. The number of alkyl halides is 6. The molecule has 133 heavy (non-hydrogen) atoms. The Balaban J connectivity index is 0.000000742. The monoisotopic (exact) mass is 2940 g/mol. The van der Waals surface area contributed by atoms with Crippen molar-refractivity contribution in [1.29, 1.82) is 0 Å². The molecular weight excluding hydrogens is 2850 g/mol. The second-order valence-electron chi connectivity index (χ2n) is 27.5. The van der Waals surface area contributed by atoms with Crippen LogP contribution in [0.4, 0.5) is 26.3 Å². The zero-order valence-electron chi connectivity index (χ0n) is 70.2. The number of hydrogen-bond donors (Lipinski definition) is 1. The second-order valence-corrected chi connectivity index (χ2v) is 30.8. The van der Waals surface area contributed by atoms with Crippen molar-refractivity contribution in [2.24, 2.45) is 5.41 Å². The molecule has 0 radical (unpaired) electrons. The number of carboxylic acid groups (broad SMARTS) is 1. The minimum atomic E-state index is -4.46. The Hall–Kier alpha value is -10.6. The van der Waals surface area contributed by atoms with E-state index in [2.05, 4.69) is 188 Å². The van der Waals surface area contributed by atoms with Gasteiger partial charge in [-0.1, -0.05) is 194 Å². The van der Waals surface area contributed by atoms with E-state index in [1.807, 2.05) is 140 Å². The normalized spacial score (nSPS) is 12.5. The van der Waals surface area contributed by atoms with Gasteiger partial charge < -0.3 is 107 Å². The number of pyridine rings is 7. The molecule has 1 fully saturated rings. The maximum Gasteiger partial charge on any atom is 2.00 e. The number of hydrogen-bond acceptors (Lipinski definition) is 18. The zero-order chi connectivity index (χ0) is 89.8. The molecule has 0 aliphatic heterocycles. The molecule has 2 aliphatic rings. The average molecular weight is 2940 g/mol. The number of carboxylic acids is 1. The molecule has 17 aromatic heterocycles. The van der Waals surface area contributed by atoms with E-state index in [4.69, 9.17) is 23.9 Å². The van der Waals surface area contributed by atoms with Gasteiger partial charge in [0, 0.05) is 150 Å². The van der Waals surface area contributed by atoms with Crippen LogP contribution in [0.25, 0.3) is 79.1 Å². The van der Waals surface area contributed by atoms with E-state index in [1.165, 1.54) is 59.5 Å². The van der Waals surface area contributed by atoms with Crippen molar-refractivity contribution in [3.8, 4) is 68.3 Å². The van der Waals surface area contributed by atoms with E-state index < -0.39 is 46.2 Å². The van der Waals surface area contributed by atoms with Crippen molar-refractivity contribution in [2.75, 3.05) is 0 Å². The van der Waals surface area contributed by atoms with Crippen LogP contribution < -0.4 is 51.0 Å². The van der Waals surface area contributed by atoms with Gasteiger partial charge in [0.25, 0.3) is 0 Å². The zero-order valence-corrected chi connectivity index (χ0v) is 85.3. The Morgan fingerprint density at radius 2 is 0.744 bits per heavy atom. The first-order valence-corrected chi connectivity index (χ1v) is 43.3. The van der Waals surface area contributed by atoms with Gasteiger partial charge in [0.1, 0.15) is 17.1 Å². The topological polar surface area (TPSA) is 397 Å². The quantitative estimate of drug-likeness (QED) is 0.145. The number of aromatic carboxylic acids is 1. The van der Waals surface area contributed by atoms with Gasteiger partial charge in [-0.2, -0.15) is 38.7 Å². The number of aromatic nitrogens is 27. The summed E-state index contributed by atoms with van der Waals surface area (Å²) < 4.78 is 73.2. The van der Waals surface area contributed by atoms with Crippen LogP contribution in [0.3, 0.4) is 0 Å². The molecule has 1 saturated carbocycles. The van der Waals surface area contributed by atoms with Crippen molar-refractivity contribution in [2.45, 2.75) is 128 Å². The van der Waals surface area contributed by atoms with Crippen LogP contribution in [0, 0.1) is 53.9 Å². The molecule has 2 atom stereocenters. The number of rotatable bonds is 7. The summed E-state index contributed by atoms with van der Waals surface area (Å²) in [7, 11) is 9.75. The molecule has 0 saturated heterocycles. The fourth-order valence-electron chi connectivity index (χ4n) is 12.1. The van der Waals surface area contributed by atoms with Gasteiger partial charge in [-0.3, -0.25) is 29.9 Å². The van der Waals surface area contributed by atoms with Crippen LogP contribution in [0.1, 0.15) is 135 Å². The standard InChI is InChI=1S/C20H20N3.2C9H5F3N3.3C9H8N3.C6H5NO2.2C5H7N2.2C3H3N2.3CH4.2ClH.6Pt/c1-19(2)14-8-10-20(19,3)18-15(14)17(22-23-18)16-13-7-5-4-6-12(13)9-11-21-16;2*10-9(11,12)8-5-7(14-15-8)6-3-1-2-4-13-6;3*1-7-6-9(12-11-7)8-4-2-3-5-10-8;8-6(9)5-3-1-2-4-7-5;2*1-4-3-5(2)7-6-4;2*1-2-4-5-3-1;;;;;;;;;;;/h4-7,9,11,14H,8,10H2,1-3H3;2*1-5H;3*2-6H,1H3;1-4H,(H,8,9);2*3H,1-2H3;2*1-3H;3*1H4;2*1H;;;;;;/q6*-1;;4*-1;;;;;;;5*+2/p-2. The average Bonchev–Trinajstić information content (AvgIpc) is 1.52. The molecule has 2 unspecified atom stereocenters. The number of benzene rings is 1. The summed E-state index contributed by atoms with van der Waals surface area (Å²) >= 11 is -0.472. The Morgan fingerprint density at radius 1 is 0.406 bits per heavy atom. The number of nitrogens with zero attached hydrogens (tertiary/aromatic N) is 27. The Bertz CT molecular complexity index is 5690. The number of halogens is 8. The largest absolute Gasteiger partial charge is 2.00 e. The summed E-state index contributed by atoms with van der Waals surface area (Å²) in [5.74, 6) is -0.441. The number of carbonyl (C=O) groups is 1. The maximum absolute atomic E-state index is 12.2. The first kappa shape index (κ1) is 120.